The van der Waals surface area contributed by atoms with Gasteiger partial charge in [0.2, 0.25) is 11.8 Å². The third-order valence-electron chi connectivity index (χ3n) is 4.11. The maximum atomic E-state index is 12.5. The average molecular weight is 417 g/mol. The van der Waals surface area contributed by atoms with Crippen LogP contribution in [-0.2, 0) is 16.0 Å². The number of carbonyl (C=O) groups is 2. The third-order valence-corrected chi connectivity index (χ3v) is 4.64. The number of carbonyl (C=O) groups excluding carboxylic acids is 2. The molecule has 0 bridgehead atoms. The van der Waals surface area contributed by atoms with Crippen LogP contribution in [0.25, 0.3) is 0 Å². The highest BCUT2D eigenvalue weighted by Gasteiger charge is 2.18. The van der Waals surface area contributed by atoms with Crippen molar-refractivity contribution in [2.75, 3.05) is 0 Å². The molecule has 2 atom stereocenters. The normalized spacial score (nSPS) is 12.9. The van der Waals surface area contributed by atoms with Crippen LogP contribution >= 0.6 is 15.9 Å². The Kier molecular flexibility index (Phi) is 7.39. The fourth-order valence-electron chi connectivity index (χ4n) is 2.84. The molecular weight excluding hydrogens is 392 g/mol. The minimum atomic E-state index is -0.326. The Morgan fingerprint density at radius 1 is 1.00 bits per heavy atom. The average Bonchev–Trinajstić information content (AvgIpc) is 2.56. The van der Waals surface area contributed by atoms with Crippen LogP contribution in [0.5, 0.6) is 0 Å². The molecular formula is C21H25BrN2O2. The minimum Gasteiger partial charge on any atom is -0.353 e. The monoisotopic (exact) mass is 416 g/mol. The van der Waals surface area contributed by atoms with E-state index in [1.165, 1.54) is 6.92 Å². The lowest BCUT2D eigenvalue weighted by molar-refractivity contribution is -0.123. The summed E-state index contributed by atoms with van der Waals surface area (Å²) in [5.41, 5.74) is 3.24. The fraction of sp³-hybridized carbons (Fsp3) is 0.333. The number of halogens is 1. The zero-order chi connectivity index (χ0) is 19.1. The SMILES string of the molecule is CC(=O)NC(CC(=O)NC(C)Cc1ccc(Br)cc1)c1ccc(C)cc1. The summed E-state index contributed by atoms with van der Waals surface area (Å²) < 4.78 is 1.04. The molecule has 0 saturated heterocycles. The van der Waals surface area contributed by atoms with E-state index in [0.29, 0.717) is 0 Å². The summed E-state index contributed by atoms with van der Waals surface area (Å²) in [6.45, 7) is 5.46. The van der Waals surface area contributed by atoms with Crippen molar-refractivity contribution in [2.45, 2.75) is 45.7 Å². The van der Waals surface area contributed by atoms with Gasteiger partial charge in [-0.2, -0.15) is 0 Å². The summed E-state index contributed by atoms with van der Waals surface area (Å²) in [7, 11) is 0. The van der Waals surface area contributed by atoms with Gasteiger partial charge >= 0.3 is 0 Å². The molecule has 2 aromatic rings. The van der Waals surface area contributed by atoms with E-state index in [1.807, 2.05) is 62.4 Å². The Balaban J connectivity index is 1.96. The van der Waals surface area contributed by atoms with Gasteiger partial charge in [0.25, 0.3) is 0 Å². The van der Waals surface area contributed by atoms with E-state index in [4.69, 9.17) is 0 Å². The zero-order valence-corrected chi connectivity index (χ0v) is 17.0. The molecule has 0 radical (unpaired) electrons. The maximum Gasteiger partial charge on any atom is 0.222 e. The molecule has 0 aliphatic rings. The Hall–Kier alpha value is -2.14. The first-order valence-electron chi connectivity index (χ1n) is 8.71. The first-order chi connectivity index (χ1) is 12.3. The Morgan fingerprint density at radius 2 is 1.62 bits per heavy atom. The second-order valence-electron chi connectivity index (χ2n) is 6.67. The van der Waals surface area contributed by atoms with Crippen molar-refractivity contribution < 1.29 is 9.59 Å². The number of hydrogen-bond acceptors (Lipinski definition) is 2. The standard InChI is InChI=1S/C21H25BrN2O2/c1-14-4-8-18(9-5-14)20(24-16(3)25)13-21(26)23-15(2)12-17-6-10-19(22)11-7-17/h4-11,15,20H,12-13H2,1-3H3,(H,23,26)(H,24,25). The minimum absolute atomic E-state index is 0.0136. The molecule has 4 nitrogen and oxygen atoms in total. The molecule has 138 valence electrons. The van der Waals surface area contributed by atoms with Crippen LogP contribution in [0.1, 0.15) is 43.0 Å². The molecule has 2 amide bonds. The number of hydrogen-bond donors (Lipinski definition) is 2. The molecule has 26 heavy (non-hydrogen) atoms. The van der Waals surface area contributed by atoms with E-state index >= 15 is 0 Å². The maximum absolute atomic E-state index is 12.5. The van der Waals surface area contributed by atoms with E-state index in [-0.39, 0.29) is 30.3 Å². The van der Waals surface area contributed by atoms with Crippen molar-refractivity contribution >= 4 is 27.7 Å². The molecule has 2 aromatic carbocycles. The smallest absolute Gasteiger partial charge is 0.222 e. The Bertz CT molecular complexity index is 742. The molecule has 2 rings (SSSR count). The van der Waals surface area contributed by atoms with Gasteiger partial charge in [-0.3, -0.25) is 9.59 Å². The summed E-state index contributed by atoms with van der Waals surface area (Å²) in [6.07, 6.45) is 0.974. The molecule has 0 fully saturated rings. The molecule has 0 aliphatic carbocycles. The first-order valence-corrected chi connectivity index (χ1v) is 9.50. The van der Waals surface area contributed by atoms with Crippen molar-refractivity contribution in [2.24, 2.45) is 0 Å². The van der Waals surface area contributed by atoms with Gasteiger partial charge in [0.05, 0.1) is 12.5 Å². The van der Waals surface area contributed by atoms with Crippen LogP contribution in [0.2, 0.25) is 0 Å². The van der Waals surface area contributed by atoms with Crippen LogP contribution in [0.4, 0.5) is 0 Å². The first kappa shape index (κ1) is 20.2. The molecule has 0 saturated carbocycles. The number of nitrogens with one attached hydrogen (secondary N) is 2. The molecule has 0 aromatic heterocycles. The van der Waals surface area contributed by atoms with Crippen molar-refractivity contribution in [3.63, 3.8) is 0 Å². The zero-order valence-electron chi connectivity index (χ0n) is 15.4. The van der Waals surface area contributed by atoms with Gasteiger partial charge in [0, 0.05) is 17.4 Å². The lowest BCUT2D eigenvalue weighted by Crippen LogP contribution is -2.37. The van der Waals surface area contributed by atoms with Crippen LogP contribution < -0.4 is 10.6 Å². The van der Waals surface area contributed by atoms with E-state index < -0.39 is 0 Å². The summed E-state index contributed by atoms with van der Waals surface area (Å²) in [5.74, 6) is -0.222. The predicted octanol–water partition coefficient (Wildman–Crippen LogP) is 4.07. The van der Waals surface area contributed by atoms with Crippen molar-refractivity contribution in [1.82, 2.24) is 10.6 Å². The van der Waals surface area contributed by atoms with E-state index in [1.54, 1.807) is 0 Å². The summed E-state index contributed by atoms with van der Waals surface area (Å²) in [6, 6.07) is 15.6. The molecule has 2 N–H and O–H groups in total. The summed E-state index contributed by atoms with van der Waals surface area (Å²) in [4.78, 5) is 24.0. The van der Waals surface area contributed by atoms with Gasteiger partial charge < -0.3 is 10.6 Å². The van der Waals surface area contributed by atoms with Crippen molar-refractivity contribution in [3.05, 3.63) is 69.7 Å². The molecule has 2 unspecified atom stereocenters. The van der Waals surface area contributed by atoms with Gasteiger partial charge in [-0.05, 0) is 43.5 Å². The molecule has 0 spiro atoms. The topological polar surface area (TPSA) is 58.2 Å². The van der Waals surface area contributed by atoms with Crippen molar-refractivity contribution in [3.8, 4) is 0 Å². The van der Waals surface area contributed by atoms with Crippen LogP contribution in [0, 0.1) is 6.92 Å². The molecule has 0 heterocycles. The highest BCUT2D eigenvalue weighted by molar-refractivity contribution is 9.10. The lowest BCUT2D eigenvalue weighted by atomic mass is 10.0. The fourth-order valence-corrected chi connectivity index (χ4v) is 3.10. The van der Waals surface area contributed by atoms with Crippen molar-refractivity contribution in [1.29, 1.82) is 0 Å². The predicted molar refractivity (Wildman–Crippen MR) is 108 cm³/mol. The van der Waals surface area contributed by atoms with Crippen LogP contribution in [0.3, 0.4) is 0 Å². The second-order valence-corrected chi connectivity index (χ2v) is 7.58. The molecule has 5 heteroatoms. The largest absolute Gasteiger partial charge is 0.353 e. The van der Waals surface area contributed by atoms with E-state index in [0.717, 1.165) is 27.6 Å². The second kappa shape index (κ2) is 9.53. The highest BCUT2D eigenvalue weighted by atomic mass is 79.9. The van der Waals surface area contributed by atoms with Gasteiger partial charge in [-0.1, -0.05) is 57.9 Å². The van der Waals surface area contributed by atoms with Crippen LogP contribution in [-0.4, -0.2) is 17.9 Å². The van der Waals surface area contributed by atoms with Crippen LogP contribution in [0.15, 0.2) is 53.0 Å². The van der Waals surface area contributed by atoms with E-state index in [9.17, 15) is 9.59 Å². The van der Waals surface area contributed by atoms with Gasteiger partial charge in [0.1, 0.15) is 0 Å². The number of amides is 2. The quantitative estimate of drug-likeness (QED) is 0.714. The van der Waals surface area contributed by atoms with Gasteiger partial charge in [-0.15, -0.1) is 0 Å². The molecule has 0 aliphatic heterocycles. The number of benzene rings is 2. The Labute approximate surface area is 163 Å². The lowest BCUT2D eigenvalue weighted by Gasteiger charge is -2.20. The third kappa shape index (κ3) is 6.64. The van der Waals surface area contributed by atoms with Gasteiger partial charge in [0.15, 0.2) is 0 Å². The number of aryl methyl sites for hydroxylation is 1. The summed E-state index contributed by atoms with van der Waals surface area (Å²) >= 11 is 3.42. The van der Waals surface area contributed by atoms with Gasteiger partial charge in [-0.25, -0.2) is 0 Å². The Morgan fingerprint density at radius 3 is 2.19 bits per heavy atom. The summed E-state index contributed by atoms with van der Waals surface area (Å²) in [5, 5.41) is 5.90. The number of rotatable bonds is 7. The van der Waals surface area contributed by atoms with E-state index in [2.05, 4.69) is 26.6 Å². The highest BCUT2D eigenvalue weighted by Crippen LogP contribution is 2.18.